The molecule has 5 heteroatoms. The van der Waals surface area contributed by atoms with E-state index in [9.17, 15) is 0 Å². The maximum Gasteiger partial charge on any atom is 0.191 e. The molecule has 1 heterocycles. The first kappa shape index (κ1) is 18.2. The molecule has 1 aromatic rings. The van der Waals surface area contributed by atoms with Crippen molar-refractivity contribution >= 4 is 29.9 Å². The zero-order valence-electron chi connectivity index (χ0n) is 12.9. The maximum atomic E-state index is 5.61. The normalized spacial score (nSPS) is 18.2. The average molecular weight is 403 g/mol. The number of rotatable bonds is 5. The number of guanidine groups is 1. The fourth-order valence-corrected chi connectivity index (χ4v) is 2.34. The van der Waals surface area contributed by atoms with Gasteiger partial charge >= 0.3 is 0 Å². The van der Waals surface area contributed by atoms with Gasteiger partial charge in [0.1, 0.15) is 0 Å². The minimum atomic E-state index is 0. The number of aliphatic imine (C=N–C) groups is 1. The van der Waals surface area contributed by atoms with Crippen LogP contribution in [0.2, 0.25) is 0 Å². The van der Waals surface area contributed by atoms with Crippen LogP contribution < -0.4 is 10.6 Å². The molecule has 0 bridgehead atoms. The smallest absolute Gasteiger partial charge is 0.191 e. The molecule has 0 amide bonds. The summed E-state index contributed by atoms with van der Waals surface area (Å²) in [6.45, 7) is 7.47. The third-order valence-electron chi connectivity index (χ3n) is 3.37. The number of nitrogens with zero attached hydrogens (tertiary/aromatic N) is 1. The van der Waals surface area contributed by atoms with Gasteiger partial charge in [-0.15, -0.1) is 24.0 Å². The Morgan fingerprint density at radius 3 is 2.90 bits per heavy atom. The summed E-state index contributed by atoms with van der Waals surface area (Å²) in [7, 11) is 0. The highest BCUT2D eigenvalue weighted by atomic mass is 127. The minimum absolute atomic E-state index is 0. The van der Waals surface area contributed by atoms with Crippen molar-refractivity contribution in [3.8, 4) is 0 Å². The van der Waals surface area contributed by atoms with E-state index in [2.05, 4.69) is 53.7 Å². The van der Waals surface area contributed by atoms with E-state index in [1.165, 1.54) is 17.5 Å². The van der Waals surface area contributed by atoms with Crippen LogP contribution in [0.1, 0.15) is 30.9 Å². The predicted molar refractivity (Wildman–Crippen MR) is 98.4 cm³/mol. The SMILES string of the molecule is CCNC(=NCc1cccc(C)c1)NCC1CCCO1.I. The summed E-state index contributed by atoms with van der Waals surface area (Å²) in [5.74, 6) is 0.865. The van der Waals surface area contributed by atoms with Gasteiger partial charge in [0, 0.05) is 19.7 Å². The van der Waals surface area contributed by atoms with E-state index in [4.69, 9.17) is 4.74 Å². The van der Waals surface area contributed by atoms with Gasteiger partial charge in [-0.05, 0) is 32.3 Å². The van der Waals surface area contributed by atoms with Crippen molar-refractivity contribution in [1.29, 1.82) is 0 Å². The molecule has 0 aromatic heterocycles. The standard InChI is InChI=1S/C16H25N3O.HI/c1-3-17-16(19-12-15-8-5-9-20-15)18-11-14-7-4-6-13(2)10-14;/h4,6-7,10,15H,3,5,8-9,11-12H2,1-2H3,(H2,17,18,19);1H. The summed E-state index contributed by atoms with van der Waals surface area (Å²) in [6, 6.07) is 8.47. The Kier molecular flexibility index (Phi) is 8.68. The second kappa shape index (κ2) is 10.00. The molecule has 1 atom stereocenters. The Bertz CT molecular complexity index is 445. The molecule has 1 fully saturated rings. The molecule has 1 unspecified atom stereocenters. The highest BCUT2D eigenvalue weighted by Crippen LogP contribution is 2.10. The number of hydrogen-bond acceptors (Lipinski definition) is 2. The summed E-state index contributed by atoms with van der Waals surface area (Å²) in [5, 5.41) is 6.64. The maximum absolute atomic E-state index is 5.61. The zero-order valence-corrected chi connectivity index (χ0v) is 15.2. The Morgan fingerprint density at radius 1 is 1.38 bits per heavy atom. The molecule has 21 heavy (non-hydrogen) atoms. The van der Waals surface area contributed by atoms with Gasteiger partial charge in [0.05, 0.1) is 12.6 Å². The number of aryl methyl sites for hydroxylation is 1. The van der Waals surface area contributed by atoms with E-state index >= 15 is 0 Å². The Balaban J connectivity index is 0.00000220. The van der Waals surface area contributed by atoms with Gasteiger partial charge in [-0.3, -0.25) is 0 Å². The molecule has 1 aliphatic heterocycles. The quantitative estimate of drug-likeness (QED) is 0.452. The van der Waals surface area contributed by atoms with Crippen molar-refractivity contribution in [2.24, 2.45) is 4.99 Å². The monoisotopic (exact) mass is 403 g/mol. The fourth-order valence-electron chi connectivity index (χ4n) is 2.34. The Hall–Kier alpha value is -0.820. The molecule has 4 nitrogen and oxygen atoms in total. The largest absolute Gasteiger partial charge is 0.376 e. The summed E-state index contributed by atoms with van der Waals surface area (Å²) >= 11 is 0. The van der Waals surface area contributed by atoms with Gasteiger partial charge in [0.15, 0.2) is 5.96 Å². The van der Waals surface area contributed by atoms with Crippen LogP contribution in [0, 0.1) is 6.92 Å². The van der Waals surface area contributed by atoms with Crippen LogP contribution >= 0.6 is 24.0 Å². The van der Waals surface area contributed by atoms with Crippen LogP contribution in [0.5, 0.6) is 0 Å². The molecule has 0 radical (unpaired) electrons. The fraction of sp³-hybridized carbons (Fsp3) is 0.562. The van der Waals surface area contributed by atoms with Crippen molar-refractivity contribution in [2.45, 2.75) is 39.3 Å². The number of nitrogens with one attached hydrogen (secondary N) is 2. The van der Waals surface area contributed by atoms with Crippen molar-refractivity contribution in [1.82, 2.24) is 10.6 Å². The zero-order chi connectivity index (χ0) is 14.2. The third kappa shape index (κ3) is 6.65. The van der Waals surface area contributed by atoms with Crippen LogP contribution in [0.4, 0.5) is 0 Å². The minimum Gasteiger partial charge on any atom is -0.376 e. The number of ether oxygens (including phenoxy) is 1. The highest BCUT2D eigenvalue weighted by molar-refractivity contribution is 14.0. The van der Waals surface area contributed by atoms with Crippen LogP contribution in [0.15, 0.2) is 29.3 Å². The van der Waals surface area contributed by atoms with Gasteiger partial charge < -0.3 is 15.4 Å². The van der Waals surface area contributed by atoms with Gasteiger partial charge in [-0.1, -0.05) is 29.8 Å². The number of benzene rings is 1. The summed E-state index contributed by atoms with van der Waals surface area (Å²) in [6.07, 6.45) is 2.64. The van der Waals surface area contributed by atoms with E-state index < -0.39 is 0 Å². The summed E-state index contributed by atoms with van der Waals surface area (Å²) < 4.78 is 5.61. The summed E-state index contributed by atoms with van der Waals surface area (Å²) in [5.41, 5.74) is 2.51. The molecule has 1 aromatic carbocycles. The van der Waals surface area contributed by atoms with Gasteiger partial charge in [-0.2, -0.15) is 0 Å². The molecule has 2 rings (SSSR count). The predicted octanol–water partition coefficient (Wildman–Crippen LogP) is 2.85. The second-order valence-corrected chi connectivity index (χ2v) is 5.20. The lowest BCUT2D eigenvalue weighted by atomic mass is 10.1. The van der Waals surface area contributed by atoms with E-state index in [0.717, 1.165) is 32.1 Å². The van der Waals surface area contributed by atoms with Gasteiger partial charge in [0.2, 0.25) is 0 Å². The first-order valence-electron chi connectivity index (χ1n) is 7.47. The van der Waals surface area contributed by atoms with Crippen LogP contribution in [0.25, 0.3) is 0 Å². The average Bonchev–Trinajstić information content (AvgIpc) is 2.95. The van der Waals surface area contributed by atoms with E-state index in [-0.39, 0.29) is 24.0 Å². The topological polar surface area (TPSA) is 45.7 Å². The molecule has 1 aliphatic rings. The molecular formula is C16H26IN3O. The van der Waals surface area contributed by atoms with Gasteiger partial charge in [-0.25, -0.2) is 4.99 Å². The third-order valence-corrected chi connectivity index (χ3v) is 3.37. The lowest BCUT2D eigenvalue weighted by Gasteiger charge is -2.14. The molecule has 0 spiro atoms. The number of halogens is 1. The van der Waals surface area contributed by atoms with E-state index in [1.54, 1.807) is 0 Å². The molecule has 0 saturated carbocycles. The molecule has 2 N–H and O–H groups in total. The van der Waals surface area contributed by atoms with E-state index in [1.807, 2.05) is 0 Å². The Labute approximate surface area is 144 Å². The molecule has 1 saturated heterocycles. The first-order valence-corrected chi connectivity index (χ1v) is 7.47. The molecule has 0 aliphatic carbocycles. The van der Waals surface area contributed by atoms with Crippen molar-refractivity contribution in [2.75, 3.05) is 19.7 Å². The Morgan fingerprint density at radius 2 is 2.24 bits per heavy atom. The summed E-state index contributed by atoms with van der Waals surface area (Å²) in [4.78, 5) is 4.62. The molecular weight excluding hydrogens is 377 g/mol. The van der Waals surface area contributed by atoms with Crippen LogP contribution in [-0.2, 0) is 11.3 Å². The lowest BCUT2D eigenvalue weighted by Crippen LogP contribution is -2.41. The number of hydrogen-bond donors (Lipinski definition) is 2. The highest BCUT2D eigenvalue weighted by Gasteiger charge is 2.15. The lowest BCUT2D eigenvalue weighted by molar-refractivity contribution is 0.114. The molecule has 118 valence electrons. The van der Waals surface area contributed by atoms with Gasteiger partial charge in [0.25, 0.3) is 0 Å². The van der Waals surface area contributed by atoms with Crippen molar-refractivity contribution < 1.29 is 4.74 Å². The van der Waals surface area contributed by atoms with E-state index in [0.29, 0.717) is 12.6 Å². The van der Waals surface area contributed by atoms with Crippen molar-refractivity contribution in [3.05, 3.63) is 35.4 Å². The van der Waals surface area contributed by atoms with Crippen LogP contribution in [0.3, 0.4) is 0 Å². The van der Waals surface area contributed by atoms with Crippen molar-refractivity contribution in [3.63, 3.8) is 0 Å². The second-order valence-electron chi connectivity index (χ2n) is 5.20. The first-order chi connectivity index (χ1) is 9.78. The van der Waals surface area contributed by atoms with Crippen LogP contribution in [-0.4, -0.2) is 31.8 Å².